The minimum absolute atomic E-state index is 0.0956. The van der Waals surface area contributed by atoms with Crippen LogP contribution < -0.4 is 0 Å². The molecule has 2 heterocycles. The fourth-order valence-corrected chi connectivity index (χ4v) is 4.11. The Hall–Kier alpha value is -0.360. The maximum Gasteiger partial charge on any atom is 0.124 e. The second-order valence-electron chi connectivity index (χ2n) is 4.97. The molecular formula is C11H19N3O3S. The summed E-state index contributed by atoms with van der Waals surface area (Å²) in [5, 5.41) is 28.9. The van der Waals surface area contributed by atoms with Gasteiger partial charge < -0.3 is 14.9 Å². The minimum Gasteiger partial charge on any atom is -0.389 e. The van der Waals surface area contributed by atoms with E-state index in [2.05, 4.69) is 0 Å². The second kappa shape index (κ2) is 5.33. The molecule has 0 aliphatic carbocycles. The molecule has 2 fully saturated rings. The average molecular weight is 273 g/mol. The molecule has 2 aliphatic heterocycles. The van der Waals surface area contributed by atoms with Gasteiger partial charge in [-0.2, -0.15) is 5.26 Å². The largest absolute Gasteiger partial charge is 0.389 e. The van der Waals surface area contributed by atoms with E-state index in [9.17, 15) is 10.2 Å². The van der Waals surface area contributed by atoms with Crippen LogP contribution in [0.2, 0.25) is 0 Å². The molecule has 6 unspecified atom stereocenters. The zero-order chi connectivity index (χ0) is 13.4. The number of rotatable bonds is 2. The van der Waals surface area contributed by atoms with E-state index < -0.39 is 18.3 Å². The van der Waals surface area contributed by atoms with Gasteiger partial charge in [-0.25, -0.2) is 0 Å². The molecule has 2 saturated heterocycles. The predicted molar refractivity (Wildman–Crippen MR) is 67.5 cm³/mol. The first-order valence-electron chi connectivity index (χ1n) is 5.89. The Labute approximate surface area is 111 Å². The topological polar surface area (TPSA) is 80.0 Å². The van der Waals surface area contributed by atoms with Crippen LogP contribution in [0.1, 0.15) is 6.42 Å². The lowest BCUT2D eigenvalue weighted by Gasteiger charge is -2.40. The molecule has 2 aliphatic rings. The summed E-state index contributed by atoms with van der Waals surface area (Å²) >= 11 is 1.60. The van der Waals surface area contributed by atoms with Crippen molar-refractivity contribution in [2.45, 2.75) is 41.7 Å². The standard InChI is InChI=1S/C11H19N3O3S/c1-13(2)11-14(3)7-9(16)8(15)6(4-5-12)17-10(7)18-11/h6-11,15-16H,4H2,1-3H3. The highest BCUT2D eigenvalue weighted by atomic mass is 32.2. The van der Waals surface area contributed by atoms with E-state index in [0.29, 0.717) is 0 Å². The van der Waals surface area contributed by atoms with Crippen LogP contribution in [-0.2, 0) is 4.74 Å². The number of fused-ring (bicyclic) bond motifs is 1. The second-order valence-corrected chi connectivity index (χ2v) is 6.13. The van der Waals surface area contributed by atoms with Crippen LogP contribution in [0.3, 0.4) is 0 Å². The van der Waals surface area contributed by atoms with Gasteiger partial charge in [-0.3, -0.25) is 9.80 Å². The van der Waals surface area contributed by atoms with E-state index in [0.717, 1.165) is 0 Å². The van der Waals surface area contributed by atoms with Crippen molar-refractivity contribution in [1.82, 2.24) is 9.80 Å². The summed E-state index contributed by atoms with van der Waals surface area (Å²) in [5.74, 6) is 0. The third kappa shape index (κ3) is 2.25. The van der Waals surface area contributed by atoms with Crippen molar-refractivity contribution < 1.29 is 14.9 Å². The molecule has 0 aromatic rings. The van der Waals surface area contributed by atoms with Gasteiger partial charge >= 0.3 is 0 Å². The fraction of sp³-hybridized carbons (Fsp3) is 0.909. The quantitative estimate of drug-likeness (QED) is 0.684. The summed E-state index contributed by atoms with van der Waals surface area (Å²) in [5.41, 5.74) is -0.109. The fourth-order valence-electron chi connectivity index (χ4n) is 2.57. The molecule has 6 atom stereocenters. The molecule has 0 spiro atoms. The summed E-state index contributed by atoms with van der Waals surface area (Å²) in [4.78, 5) is 4.04. The van der Waals surface area contributed by atoms with Gasteiger partial charge in [-0.15, -0.1) is 0 Å². The van der Waals surface area contributed by atoms with Crippen LogP contribution in [0.5, 0.6) is 0 Å². The smallest absolute Gasteiger partial charge is 0.124 e. The zero-order valence-electron chi connectivity index (χ0n) is 10.7. The van der Waals surface area contributed by atoms with Crippen LogP contribution in [0.15, 0.2) is 0 Å². The van der Waals surface area contributed by atoms with Gasteiger partial charge in [0.1, 0.15) is 29.2 Å². The van der Waals surface area contributed by atoms with Crippen molar-refractivity contribution in [3.05, 3.63) is 0 Å². The highest BCUT2D eigenvalue weighted by molar-refractivity contribution is 8.00. The Morgan fingerprint density at radius 1 is 1.39 bits per heavy atom. The van der Waals surface area contributed by atoms with Crippen molar-refractivity contribution in [3.63, 3.8) is 0 Å². The molecule has 0 bridgehead atoms. The van der Waals surface area contributed by atoms with Gasteiger partial charge in [0.25, 0.3) is 0 Å². The number of aliphatic hydroxyl groups excluding tert-OH is 2. The molecule has 2 rings (SSSR count). The SMILES string of the molecule is CN(C)C1SC2OC(CC#N)C(O)C(O)C2N1C. The Balaban J connectivity index is 2.16. The number of aliphatic hydroxyl groups is 2. The summed E-state index contributed by atoms with van der Waals surface area (Å²) in [6, 6.07) is 1.74. The molecule has 0 aromatic carbocycles. The van der Waals surface area contributed by atoms with E-state index in [1.807, 2.05) is 37.0 Å². The van der Waals surface area contributed by atoms with E-state index in [4.69, 9.17) is 10.00 Å². The Kier molecular flexibility index (Phi) is 4.16. The molecule has 18 heavy (non-hydrogen) atoms. The Morgan fingerprint density at radius 2 is 2.06 bits per heavy atom. The van der Waals surface area contributed by atoms with Crippen LogP contribution in [0.25, 0.3) is 0 Å². The van der Waals surface area contributed by atoms with Crippen molar-refractivity contribution in [3.8, 4) is 6.07 Å². The van der Waals surface area contributed by atoms with Gasteiger partial charge in [0.2, 0.25) is 0 Å². The molecule has 0 aromatic heterocycles. The molecular weight excluding hydrogens is 254 g/mol. The van der Waals surface area contributed by atoms with Crippen LogP contribution >= 0.6 is 11.8 Å². The van der Waals surface area contributed by atoms with E-state index >= 15 is 0 Å². The molecule has 102 valence electrons. The number of likely N-dealkylation sites (N-methyl/N-ethyl adjacent to an activating group) is 1. The molecule has 7 heteroatoms. The van der Waals surface area contributed by atoms with E-state index in [-0.39, 0.29) is 23.4 Å². The lowest BCUT2D eigenvalue weighted by atomic mass is 9.95. The summed E-state index contributed by atoms with van der Waals surface area (Å²) in [6.07, 6.45) is -2.40. The van der Waals surface area contributed by atoms with E-state index in [1.54, 1.807) is 11.8 Å². The number of ether oxygens (including phenoxy) is 1. The van der Waals surface area contributed by atoms with Crippen molar-refractivity contribution >= 4 is 11.8 Å². The summed E-state index contributed by atoms with van der Waals surface area (Å²) in [6.45, 7) is 0. The number of thioether (sulfide) groups is 1. The highest BCUT2D eigenvalue weighted by Gasteiger charge is 2.53. The molecule has 0 radical (unpaired) electrons. The first kappa shape index (κ1) is 14.1. The van der Waals surface area contributed by atoms with Crippen molar-refractivity contribution in [2.75, 3.05) is 21.1 Å². The van der Waals surface area contributed by atoms with Gasteiger partial charge in [0.15, 0.2) is 0 Å². The third-order valence-corrected chi connectivity index (χ3v) is 5.13. The lowest BCUT2D eigenvalue weighted by molar-refractivity contribution is -0.174. The Bertz CT molecular complexity index is 349. The zero-order valence-corrected chi connectivity index (χ0v) is 11.5. The molecule has 0 saturated carbocycles. The Morgan fingerprint density at radius 3 is 2.61 bits per heavy atom. The van der Waals surface area contributed by atoms with Crippen molar-refractivity contribution in [2.24, 2.45) is 0 Å². The monoisotopic (exact) mass is 273 g/mol. The maximum atomic E-state index is 10.2. The predicted octanol–water partition coefficient (Wildman–Crippen LogP) is -0.761. The van der Waals surface area contributed by atoms with Gasteiger partial charge in [-0.05, 0) is 21.1 Å². The normalized spacial score (nSPS) is 44.9. The summed E-state index contributed by atoms with van der Waals surface area (Å²) < 4.78 is 5.75. The third-order valence-electron chi connectivity index (χ3n) is 3.48. The highest BCUT2D eigenvalue weighted by Crippen LogP contribution is 2.42. The summed E-state index contributed by atoms with van der Waals surface area (Å²) in [7, 11) is 5.83. The van der Waals surface area contributed by atoms with Crippen LogP contribution in [-0.4, -0.2) is 76.4 Å². The molecule has 0 amide bonds. The number of hydrogen-bond acceptors (Lipinski definition) is 7. The van der Waals surface area contributed by atoms with Gasteiger partial charge in [0, 0.05) is 0 Å². The molecule has 6 nitrogen and oxygen atoms in total. The average Bonchev–Trinajstić information content (AvgIpc) is 2.63. The number of hydrogen-bond donors (Lipinski definition) is 2. The molecule has 2 N–H and O–H groups in total. The first-order valence-corrected chi connectivity index (χ1v) is 6.84. The van der Waals surface area contributed by atoms with E-state index in [1.165, 1.54) is 0 Å². The maximum absolute atomic E-state index is 10.2. The van der Waals surface area contributed by atoms with Crippen LogP contribution in [0.4, 0.5) is 0 Å². The number of nitrogens with zero attached hydrogens (tertiary/aromatic N) is 3. The first-order chi connectivity index (χ1) is 8.47. The van der Waals surface area contributed by atoms with Gasteiger partial charge in [-0.1, -0.05) is 11.8 Å². The number of nitriles is 1. The van der Waals surface area contributed by atoms with Crippen LogP contribution in [0, 0.1) is 11.3 Å². The lowest BCUT2D eigenvalue weighted by Crippen LogP contribution is -2.59. The minimum atomic E-state index is -1.00. The van der Waals surface area contributed by atoms with Gasteiger partial charge in [0.05, 0.1) is 18.5 Å². The van der Waals surface area contributed by atoms with Crippen molar-refractivity contribution in [1.29, 1.82) is 5.26 Å².